The maximum Gasteiger partial charge on any atom is 0.365 e. The van der Waals surface area contributed by atoms with E-state index in [1.54, 1.807) is 30.1 Å². The lowest BCUT2D eigenvalue weighted by atomic mass is 10.1. The zero-order valence-corrected chi connectivity index (χ0v) is 18.4. The van der Waals surface area contributed by atoms with Crippen LogP contribution < -0.4 is 5.32 Å². The molecule has 1 atom stereocenters. The maximum absolute atomic E-state index is 14.1. The highest BCUT2D eigenvalue weighted by molar-refractivity contribution is 6.33. The van der Waals surface area contributed by atoms with Gasteiger partial charge in [0.2, 0.25) is 5.82 Å². The van der Waals surface area contributed by atoms with E-state index in [0.29, 0.717) is 27.3 Å². The molecule has 0 radical (unpaired) electrons. The van der Waals surface area contributed by atoms with Crippen molar-refractivity contribution in [3.05, 3.63) is 47.6 Å². The van der Waals surface area contributed by atoms with Gasteiger partial charge in [0, 0.05) is 36.6 Å². The Morgan fingerprint density at radius 2 is 1.94 bits per heavy atom. The maximum atomic E-state index is 14.1. The highest BCUT2D eigenvalue weighted by atomic mass is 35.5. The molecule has 35 heavy (non-hydrogen) atoms. The topological polar surface area (TPSA) is 78.4 Å². The summed E-state index contributed by atoms with van der Waals surface area (Å²) in [6.07, 6.45) is -2.75. The molecule has 5 heterocycles. The number of nitrogens with one attached hydrogen (secondary N) is 1. The van der Waals surface area contributed by atoms with E-state index in [-0.39, 0.29) is 16.5 Å². The van der Waals surface area contributed by atoms with Crippen molar-refractivity contribution in [1.29, 1.82) is 0 Å². The Bertz CT molecular complexity index is 1390. The molecule has 0 saturated heterocycles. The third-order valence-electron chi connectivity index (χ3n) is 5.66. The predicted octanol–water partition coefficient (Wildman–Crippen LogP) is 5.12. The van der Waals surface area contributed by atoms with E-state index >= 15 is 0 Å². The molecule has 8 nitrogen and oxygen atoms in total. The third-order valence-corrected chi connectivity index (χ3v) is 5.96. The molecule has 5 rings (SSSR count). The monoisotopic (exact) mass is 516 g/mol. The minimum Gasteiger partial charge on any atom is -0.334 e. The van der Waals surface area contributed by atoms with Crippen LogP contribution in [0.5, 0.6) is 0 Å². The Morgan fingerprint density at radius 3 is 2.60 bits per heavy atom. The van der Waals surface area contributed by atoms with Crippen LogP contribution >= 0.6 is 11.6 Å². The molecule has 15 heteroatoms. The van der Waals surface area contributed by atoms with E-state index < -0.39 is 37.2 Å². The summed E-state index contributed by atoms with van der Waals surface area (Å²) in [4.78, 5) is 4.20. The lowest BCUT2D eigenvalue weighted by molar-refractivity contribution is -0.143. The summed E-state index contributed by atoms with van der Waals surface area (Å²) in [6.45, 7) is -0.712. The SMILES string of the molecule is Cn1nccc1Nc1cc(-c2cc3n(c2)C(C(F)F)Cn2c-3nnc2C(F)(F)C(F)F)c(Cl)cn1. The Kier molecular flexibility index (Phi) is 5.49. The van der Waals surface area contributed by atoms with Gasteiger partial charge in [-0.05, 0) is 12.1 Å². The summed E-state index contributed by atoms with van der Waals surface area (Å²) in [6, 6.07) is 3.07. The quantitative estimate of drug-likeness (QED) is 0.360. The van der Waals surface area contributed by atoms with Gasteiger partial charge >= 0.3 is 12.3 Å². The number of alkyl halides is 6. The van der Waals surface area contributed by atoms with Crippen LogP contribution in [0.2, 0.25) is 5.02 Å². The fourth-order valence-corrected chi connectivity index (χ4v) is 4.13. The van der Waals surface area contributed by atoms with E-state index in [0.717, 1.165) is 0 Å². The summed E-state index contributed by atoms with van der Waals surface area (Å²) < 4.78 is 85.2. The fourth-order valence-electron chi connectivity index (χ4n) is 3.92. The van der Waals surface area contributed by atoms with Crippen LogP contribution in [-0.4, -0.2) is 46.9 Å². The number of fused-ring (bicyclic) bond motifs is 3. The summed E-state index contributed by atoms with van der Waals surface area (Å²) in [7, 11) is 1.72. The van der Waals surface area contributed by atoms with Gasteiger partial charge in [-0.25, -0.2) is 22.5 Å². The van der Waals surface area contributed by atoms with Gasteiger partial charge in [-0.1, -0.05) is 11.6 Å². The largest absolute Gasteiger partial charge is 0.365 e. The average Bonchev–Trinajstić information content (AvgIpc) is 3.52. The summed E-state index contributed by atoms with van der Waals surface area (Å²) in [5.74, 6) is -5.26. The van der Waals surface area contributed by atoms with Gasteiger partial charge in [-0.2, -0.15) is 13.9 Å². The number of nitrogens with zero attached hydrogens (tertiary/aromatic N) is 7. The van der Waals surface area contributed by atoms with Crippen molar-refractivity contribution in [2.45, 2.75) is 31.4 Å². The first-order valence-electron chi connectivity index (χ1n) is 10.1. The highest BCUT2D eigenvalue weighted by Gasteiger charge is 2.49. The third kappa shape index (κ3) is 3.81. The second kappa shape index (κ2) is 8.29. The molecule has 4 aromatic heterocycles. The molecule has 0 bridgehead atoms. The molecule has 4 aromatic rings. The number of anilines is 2. The van der Waals surface area contributed by atoms with Crippen molar-refractivity contribution in [2.24, 2.45) is 7.05 Å². The molecule has 1 unspecified atom stereocenters. The fraction of sp³-hybridized carbons (Fsp3) is 0.300. The summed E-state index contributed by atoms with van der Waals surface area (Å²) in [5.41, 5.74) is 0.782. The first-order valence-corrected chi connectivity index (χ1v) is 10.5. The number of hydrogen-bond donors (Lipinski definition) is 1. The molecule has 0 amide bonds. The Labute approximate surface area is 198 Å². The minimum atomic E-state index is -4.66. The summed E-state index contributed by atoms with van der Waals surface area (Å²) >= 11 is 6.32. The number of rotatable bonds is 6. The molecule has 0 spiro atoms. The standard InChI is InChI=1S/C20H15ClF6N8/c1-33-15(2-3-29-33)30-14-5-10(11(21)6-28-14)9-4-12-17-31-32-19(20(26,27)18(24)25)35(17)8-13(16(22)23)34(12)7-9/h2-7,13,16,18H,8H2,1H3,(H,28,30). The van der Waals surface area contributed by atoms with E-state index in [1.807, 2.05) is 0 Å². The van der Waals surface area contributed by atoms with Gasteiger partial charge in [-0.3, -0.25) is 4.68 Å². The van der Waals surface area contributed by atoms with Gasteiger partial charge in [0.15, 0.2) is 5.82 Å². The van der Waals surface area contributed by atoms with Crippen molar-refractivity contribution in [3.63, 3.8) is 0 Å². The van der Waals surface area contributed by atoms with Gasteiger partial charge < -0.3 is 14.5 Å². The second-order valence-corrected chi connectivity index (χ2v) is 8.23. The van der Waals surface area contributed by atoms with Crippen molar-refractivity contribution in [2.75, 3.05) is 5.32 Å². The van der Waals surface area contributed by atoms with Crippen molar-refractivity contribution >= 4 is 23.2 Å². The van der Waals surface area contributed by atoms with Crippen molar-refractivity contribution in [1.82, 2.24) is 34.1 Å². The van der Waals surface area contributed by atoms with Crippen LogP contribution in [0.25, 0.3) is 22.6 Å². The van der Waals surface area contributed by atoms with Crippen molar-refractivity contribution < 1.29 is 26.3 Å². The zero-order valence-electron chi connectivity index (χ0n) is 17.7. The number of aromatic nitrogens is 7. The Morgan fingerprint density at radius 1 is 1.17 bits per heavy atom. The van der Waals surface area contributed by atoms with E-state index in [2.05, 4.69) is 25.6 Å². The number of hydrogen-bond acceptors (Lipinski definition) is 5. The number of pyridine rings is 1. The van der Waals surface area contributed by atoms with E-state index in [1.165, 1.54) is 23.0 Å². The molecule has 1 aliphatic rings. The molecule has 1 aliphatic heterocycles. The zero-order chi connectivity index (χ0) is 25.1. The normalized spacial score (nSPS) is 15.5. The molecule has 0 aliphatic carbocycles. The van der Waals surface area contributed by atoms with E-state index in [4.69, 9.17) is 11.6 Å². The van der Waals surface area contributed by atoms with Gasteiger partial charge in [0.25, 0.3) is 6.43 Å². The van der Waals surface area contributed by atoms with Gasteiger partial charge in [0.1, 0.15) is 17.7 Å². The lowest BCUT2D eigenvalue weighted by Gasteiger charge is -2.28. The smallest absolute Gasteiger partial charge is 0.334 e. The molecular weight excluding hydrogens is 502 g/mol. The number of halogens is 7. The summed E-state index contributed by atoms with van der Waals surface area (Å²) in [5, 5.41) is 14.1. The first kappa shape index (κ1) is 23.2. The van der Waals surface area contributed by atoms with Crippen LogP contribution in [0.4, 0.5) is 38.0 Å². The molecule has 1 N–H and O–H groups in total. The van der Waals surface area contributed by atoms with Crippen LogP contribution in [0.1, 0.15) is 11.9 Å². The van der Waals surface area contributed by atoms with Crippen LogP contribution in [0, 0.1) is 0 Å². The second-order valence-electron chi connectivity index (χ2n) is 7.82. The minimum absolute atomic E-state index is 0.00869. The van der Waals surface area contributed by atoms with Crippen LogP contribution in [0.3, 0.4) is 0 Å². The molecular formula is C20H15ClF6N8. The van der Waals surface area contributed by atoms with Crippen molar-refractivity contribution in [3.8, 4) is 22.6 Å². The Balaban J connectivity index is 1.60. The molecule has 0 fully saturated rings. The lowest BCUT2D eigenvalue weighted by Crippen LogP contribution is -2.33. The van der Waals surface area contributed by atoms with Gasteiger partial charge in [0.05, 0.1) is 23.5 Å². The van der Waals surface area contributed by atoms with E-state index in [9.17, 15) is 26.3 Å². The number of aryl methyl sites for hydroxylation is 1. The van der Waals surface area contributed by atoms with Crippen LogP contribution in [0.15, 0.2) is 36.8 Å². The highest BCUT2D eigenvalue weighted by Crippen LogP contribution is 2.42. The Hall–Kier alpha value is -3.55. The first-order chi connectivity index (χ1) is 16.6. The predicted molar refractivity (Wildman–Crippen MR) is 113 cm³/mol. The average molecular weight is 517 g/mol. The molecule has 184 valence electrons. The van der Waals surface area contributed by atoms with Gasteiger partial charge in [-0.15, -0.1) is 10.2 Å². The van der Waals surface area contributed by atoms with Crippen LogP contribution in [-0.2, 0) is 19.5 Å². The molecule has 0 saturated carbocycles. The molecule has 0 aromatic carbocycles.